The first-order valence-electron chi connectivity index (χ1n) is 7.56. The summed E-state index contributed by atoms with van der Waals surface area (Å²) in [6, 6.07) is 6.73. The van der Waals surface area contributed by atoms with Gasteiger partial charge < -0.3 is 5.32 Å². The van der Waals surface area contributed by atoms with Gasteiger partial charge in [-0.25, -0.2) is 9.97 Å². The lowest BCUT2D eigenvalue weighted by Crippen LogP contribution is -2.34. The maximum absolute atomic E-state index is 12.6. The number of rotatable bonds is 4. The van der Waals surface area contributed by atoms with Crippen molar-refractivity contribution in [1.29, 1.82) is 0 Å². The van der Waals surface area contributed by atoms with Crippen LogP contribution >= 0.6 is 11.6 Å². The molecule has 2 heterocycles. The zero-order valence-electron chi connectivity index (χ0n) is 12.8. The van der Waals surface area contributed by atoms with E-state index in [9.17, 15) is 13.2 Å². The zero-order valence-corrected chi connectivity index (χ0v) is 13.5. The Bertz CT molecular complexity index is 721. The number of halogens is 4. The van der Waals surface area contributed by atoms with Crippen molar-refractivity contribution in [1.82, 2.24) is 14.9 Å². The Labute approximate surface area is 142 Å². The highest BCUT2D eigenvalue weighted by Crippen LogP contribution is 2.28. The lowest BCUT2D eigenvalue weighted by molar-refractivity contribution is -0.141. The van der Waals surface area contributed by atoms with Crippen molar-refractivity contribution in [2.45, 2.75) is 19.1 Å². The first kappa shape index (κ1) is 17.0. The van der Waals surface area contributed by atoms with Crippen molar-refractivity contribution in [3.63, 3.8) is 0 Å². The van der Waals surface area contributed by atoms with Crippen LogP contribution in [-0.2, 0) is 19.1 Å². The maximum Gasteiger partial charge on any atom is 0.433 e. The molecule has 0 bridgehead atoms. The first-order valence-corrected chi connectivity index (χ1v) is 7.94. The lowest BCUT2D eigenvalue weighted by Gasteiger charge is -2.29. The van der Waals surface area contributed by atoms with Gasteiger partial charge in [0.2, 0.25) is 5.95 Å². The van der Waals surface area contributed by atoms with Crippen LogP contribution in [0.3, 0.4) is 0 Å². The normalized spacial score (nSPS) is 15.2. The molecule has 0 atom stereocenters. The summed E-state index contributed by atoms with van der Waals surface area (Å²) in [4.78, 5) is 9.54. The van der Waals surface area contributed by atoms with Gasteiger partial charge in [-0.1, -0.05) is 23.7 Å². The fraction of sp³-hybridized carbons (Fsp3) is 0.375. The Balaban J connectivity index is 1.54. The molecule has 1 aromatic heterocycles. The molecule has 4 nitrogen and oxygen atoms in total. The van der Waals surface area contributed by atoms with Gasteiger partial charge in [0.05, 0.1) is 0 Å². The summed E-state index contributed by atoms with van der Waals surface area (Å²) in [5.41, 5.74) is 1.44. The standard InChI is InChI=1S/C16H16ClF3N4/c17-13-3-1-2-11-10-24(8-5-12(11)13)9-7-22-15-21-6-4-14(23-15)16(18,19)20/h1-4,6H,5,7-10H2,(H,21,22,23). The minimum atomic E-state index is -4.46. The van der Waals surface area contributed by atoms with Gasteiger partial charge >= 0.3 is 6.18 Å². The lowest BCUT2D eigenvalue weighted by atomic mass is 10.00. The molecule has 0 unspecified atom stereocenters. The second-order valence-corrected chi connectivity index (χ2v) is 6.00. The molecule has 1 aromatic carbocycles. The predicted octanol–water partition coefficient (Wildman–Crippen LogP) is 3.62. The van der Waals surface area contributed by atoms with Crippen LogP contribution < -0.4 is 5.32 Å². The largest absolute Gasteiger partial charge is 0.433 e. The Hall–Kier alpha value is -1.86. The molecule has 1 aliphatic heterocycles. The number of hydrogen-bond donors (Lipinski definition) is 1. The van der Waals surface area contributed by atoms with Crippen molar-refractivity contribution >= 4 is 17.5 Å². The van der Waals surface area contributed by atoms with E-state index in [1.54, 1.807) is 0 Å². The van der Waals surface area contributed by atoms with Crippen LogP contribution in [0.5, 0.6) is 0 Å². The van der Waals surface area contributed by atoms with Gasteiger partial charge in [0.1, 0.15) is 5.69 Å². The molecule has 0 fully saturated rings. The summed E-state index contributed by atoms with van der Waals surface area (Å²) in [7, 11) is 0. The molecule has 8 heteroatoms. The third-order valence-corrected chi connectivity index (χ3v) is 4.30. The second-order valence-electron chi connectivity index (χ2n) is 5.59. The minimum absolute atomic E-state index is 0.00900. The Morgan fingerprint density at radius 3 is 2.88 bits per heavy atom. The zero-order chi connectivity index (χ0) is 17.2. The number of fused-ring (bicyclic) bond motifs is 1. The summed E-state index contributed by atoms with van der Waals surface area (Å²) in [6.45, 7) is 2.80. The molecule has 0 aliphatic carbocycles. The van der Waals surface area contributed by atoms with Crippen molar-refractivity contribution < 1.29 is 13.2 Å². The quantitative estimate of drug-likeness (QED) is 0.908. The van der Waals surface area contributed by atoms with Crippen LogP contribution in [0.25, 0.3) is 0 Å². The highest BCUT2D eigenvalue weighted by molar-refractivity contribution is 6.31. The molecule has 1 aliphatic rings. The number of nitrogens with one attached hydrogen (secondary N) is 1. The topological polar surface area (TPSA) is 41.1 Å². The third-order valence-electron chi connectivity index (χ3n) is 3.95. The Kier molecular flexibility index (Phi) is 4.91. The summed E-state index contributed by atoms with van der Waals surface area (Å²) < 4.78 is 37.9. The van der Waals surface area contributed by atoms with E-state index in [0.717, 1.165) is 36.8 Å². The number of benzene rings is 1. The van der Waals surface area contributed by atoms with E-state index in [0.29, 0.717) is 13.1 Å². The monoisotopic (exact) mass is 356 g/mol. The average Bonchev–Trinajstić information content (AvgIpc) is 2.54. The predicted molar refractivity (Wildman–Crippen MR) is 86.0 cm³/mol. The van der Waals surface area contributed by atoms with Crippen molar-refractivity contribution in [2.75, 3.05) is 25.0 Å². The molecule has 2 aromatic rings. The third kappa shape index (κ3) is 3.96. The summed E-state index contributed by atoms with van der Waals surface area (Å²) in [5.74, 6) is -0.00900. The molecule has 0 spiro atoms. The van der Waals surface area contributed by atoms with Crippen LogP contribution in [0.4, 0.5) is 19.1 Å². The van der Waals surface area contributed by atoms with E-state index in [1.165, 1.54) is 11.1 Å². The molecule has 0 radical (unpaired) electrons. The second kappa shape index (κ2) is 6.94. The van der Waals surface area contributed by atoms with Crippen LogP contribution in [0.2, 0.25) is 5.02 Å². The van der Waals surface area contributed by atoms with Crippen LogP contribution in [-0.4, -0.2) is 34.5 Å². The van der Waals surface area contributed by atoms with Gasteiger partial charge in [-0.2, -0.15) is 13.2 Å². The molecule has 1 N–H and O–H groups in total. The molecule has 128 valence electrons. The molecule has 0 saturated carbocycles. The van der Waals surface area contributed by atoms with Gasteiger partial charge in [-0.15, -0.1) is 0 Å². The van der Waals surface area contributed by atoms with Crippen LogP contribution in [0, 0.1) is 0 Å². The molecular formula is C16H16ClF3N4. The van der Waals surface area contributed by atoms with Gasteiger partial charge in [0.25, 0.3) is 0 Å². The van der Waals surface area contributed by atoms with Crippen LogP contribution in [0.15, 0.2) is 30.5 Å². The minimum Gasteiger partial charge on any atom is -0.353 e. The van der Waals surface area contributed by atoms with Gasteiger partial charge in [-0.05, 0) is 29.7 Å². The SMILES string of the molecule is FC(F)(F)c1ccnc(NCCN2CCc3c(Cl)cccc3C2)n1. The van der Waals surface area contributed by atoms with Gasteiger partial charge in [-0.3, -0.25) is 4.90 Å². The fourth-order valence-corrected chi connectivity index (χ4v) is 3.03. The number of alkyl halides is 3. The molecule has 3 rings (SSSR count). The number of aromatic nitrogens is 2. The van der Waals surface area contributed by atoms with Crippen molar-refractivity contribution in [3.8, 4) is 0 Å². The number of anilines is 1. The Morgan fingerprint density at radius 1 is 1.25 bits per heavy atom. The smallest absolute Gasteiger partial charge is 0.353 e. The van der Waals surface area contributed by atoms with E-state index in [4.69, 9.17) is 11.6 Å². The molecular weight excluding hydrogens is 341 g/mol. The van der Waals surface area contributed by atoms with E-state index in [1.807, 2.05) is 12.1 Å². The van der Waals surface area contributed by atoms with Gasteiger partial charge in [0, 0.05) is 37.4 Å². The van der Waals surface area contributed by atoms with E-state index in [2.05, 4.69) is 26.3 Å². The van der Waals surface area contributed by atoms with E-state index < -0.39 is 11.9 Å². The van der Waals surface area contributed by atoms with Crippen molar-refractivity contribution in [3.05, 3.63) is 52.3 Å². The molecule has 24 heavy (non-hydrogen) atoms. The number of nitrogens with zero attached hydrogens (tertiary/aromatic N) is 3. The maximum atomic E-state index is 12.6. The summed E-state index contributed by atoms with van der Waals surface area (Å²) >= 11 is 6.19. The van der Waals surface area contributed by atoms with E-state index in [-0.39, 0.29) is 5.95 Å². The van der Waals surface area contributed by atoms with Crippen molar-refractivity contribution in [2.24, 2.45) is 0 Å². The average molecular weight is 357 g/mol. The summed E-state index contributed by atoms with van der Waals surface area (Å²) in [5, 5.41) is 3.64. The fourth-order valence-electron chi connectivity index (χ4n) is 2.74. The summed E-state index contributed by atoms with van der Waals surface area (Å²) in [6.07, 6.45) is -2.48. The first-order chi connectivity index (χ1) is 11.4. The van der Waals surface area contributed by atoms with E-state index >= 15 is 0 Å². The van der Waals surface area contributed by atoms with Gasteiger partial charge in [0.15, 0.2) is 0 Å². The highest BCUT2D eigenvalue weighted by atomic mass is 35.5. The number of hydrogen-bond acceptors (Lipinski definition) is 4. The highest BCUT2D eigenvalue weighted by Gasteiger charge is 2.32. The molecule has 0 amide bonds. The Morgan fingerprint density at radius 2 is 2.08 bits per heavy atom. The van der Waals surface area contributed by atoms with Crippen LogP contribution in [0.1, 0.15) is 16.8 Å². The molecule has 0 saturated heterocycles.